The monoisotopic (exact) mass is 289 g/mol. The van der Waals surface area contributed by atoms with E-state index < -0.39 is 0 Å². The van der Waals surface area contributed by atoms with Crippen molar-refractivity contribution in [3.63, 3.8) is 0 Å². The number of benzene rings is 2. The quantitative estimate of drug-likeness (QED) is 0.883. The van der Waals surface area contributed by atoms with E-state index in [1.807, 2.05) is 18.2 Å². The summed E-state index contributed by atoms with van der Waals surface area (Å²) in [6, 6.07) is 14.3. The van der Waals surface area contributed by atoms with Gasteiger partial charge in [0.1, 0.15) is 5.75 Å². The molecule has 20 heavy (non-hydrogen) atoms. The maximum atomic E-state index is 6.15. The molecule has 0 saturated heterocycles. The second-order valence-electron chi connectivity index (χ2n) is 4.79. The van der Waals surface area contributed by atoms with Crippen LogP contribution in [0.2, 0.25) is 5.02 Å². The van der Waals surface area contributed by atoms with Crippen molar-refractivity contribution in [3.8, 4) is 5.75 Å². The molecule has 0 fully saturated rings. The lowest BCUT2D eigenvalue weighted by atomic mass is 9.97. The van der Waals surface area contributed by atoms with Crippen LogP contribution in [0.4, 0.5) is 0 Å². The van der Waals surface area contributed by atoms with Crippen molar-refractivity contribution < 1.29 is 4.74 Å². The number of hydrogen-bond acceptors (Lipinski definition) is 2. The summed E-state index contributed by atoms with van der Waals surface area (Å²) >= 11 is 6.15. The fourth-order valence-corrected chi connectivity index (χ4v) is 2.48. The Bertz CT molecular complexity index is 566. The number of aryl methyl sites for hydroxylation is 1. The van der Waals surface area contributed by atoms with E-state index in [2.05, 4.69) is 43.4 Å². The molecule has 0 amide bonds. The molecule has 3 heteroatoms. The lowest BCUT2D eigenvalue weighted by Gasteiger charge is -2.21. The first-order chi connectivity index (χ1) is 9.65. The van der Waals surface area contributed by atoms with Gasteiger partial charge in [0.15, 0.2) is 0 Å². The molecule has 2 aromatic carbocycles. The molecule has 106 valence electrons. The summed E-state index contributed by atoms with van der Waals surface area (Å²) < 4.78 is 5.47. The number of methoxy groups -OCH3 is 1. The normalized spacial score (nSPS) is 12.2. The lowest BCUT2D eigenvalue weighted by Crippen LogP contribution is -2.22. The molecular weight excluding hydrogens is 270 g/mol. The zero-order valence-corrected chi connectivity index (χ0v) is 12.9. The van der Waals surface area contributed by atoms with Crippen molar-refractivity contribution in [2.24, 2.45) is 0 Å². The highest BCUT2D eigenvalue weighted by molar-refractivity contribution is 6.30. The van der Waals surface area contributed by atoms with Crippen LogP contribution >= 0.6 is 11.6 Å². The second-order valence-corrected chi connectivity index (χ2v) is 5.22. The summed E-state index contributed by atoms with van der Waals surface area (Å²) in [6.45, 7) is 5.05. The van der Waals surface area contributed by atoms with E-state index in [4.69, 9.17) is 16.3 Å². The maximum absolute atomic E-state index is 6.15. The van der Waals surface area contributed by atoms with Crippen molar-refractivity contribution in [3.05, 3.63) is 64.2 Å². The Kier molecular flexibility index (Phi) is 5.05. The topological polar surface area (TPSA) is 21.3 Å². The third-order valence-electron chi connectivity index (χ3n) is 3.32. The van der Waals surface area contributed by atoms with Crippen LogP contribution in [0.15, 0.2) is 42.5 Å². The Morgan fingerprint density at radius 1 is 1.15 bits per heavy atom. The van der Waals surface area contributed by atoms with Crippen LogP contribution in [-0.4, -0.2) is 13.7 Å². The minimum Gasteiger partial charge on any atom is -0.496 e. The highest BCUT2D eigenvalue weighted by Crippen LogP contribution is 2.32. The minimum absolute atomic E-state index is 0.0780. The van der Waals surface area contributed by atoms with Crippen LogP contribution < -0.4 is 10.1 Å². The number of hydrogen-bond donors (Lipinski definition) is 1. The molecule has 0 spiro atoms. The first-order valence-electron chi connectivity index (χ1n) is 6.79. The van der Waals surface area contributed by atoms with E-state index in [1.165, 1.54) is 11.1 Å². The summed E-state index contributed by atoms with van der Waals surface area (Å²) in [5.41, 5.74) is 3.52. The molecule has 0 aliphatic heterocycles. The van der Waals surface area contributed by atoms with Crippen molar-refractivity contribution in [1.82, 2.24) is 5.32 Å². The van der Waals surface area contributed by atoms with Gasteiger partial charge in [-0.2, -0.15) is 0 Å². The van der Waals surface area contributed by atoms with E-state index in [9.17, 15) is 0 Å². The van der Waals surface area contributed by atoms with Crippen molar-refractivity contribution in [2.45, 2.75) is 19.9 Å². The molecule has 1 unspecified atom stereocenters. The highest BCUT2D eigenvalue weighted by atomic mass is 35.5. The fourth-order valence-electron chi connectivity index (χ4n) is 2.30. The van der Waals surface area contributed by atoms with E-state index >= 15 is 0 Å². The van der Waals surface area contributed by atoms with Gasteiger partial charge >= 0.3 is 0 Å². The van der Waals surface area contributed by atoms with Gasteiger partial charge in [-0.15, -0.1) is 0 Å². The van der Waals surface area contributed by atoms with Crippen LogP contribution in [0, 0.1) is 6.92 Å². The second kappa shape index (κ2) is 6.78. The number of nitrogens with one attached hydrogen (secondary N) is 1. The molecule has 0 bridgehead atoms. The molecule has 0 aliphatic carbocycles. The van der Waals surface area contributed by atoms with Crippen LogP contribution in [0.1, 0.15) is 29.7 Å². The summed E-state index contributed by atoms with van der Waals surface area (Å²) in [5.74, 6) is 0.848. The zero-order chi connectivity index (χ0) is 14.5. The molecule has 0 aliphatic rings. The number of rotatable bonds is 5. The van der Waals surface area contributed by atoms with Gasteiger partial charge in [-0.25, -0.2) is 0 Å². The van der Waals surface area contributed by atoms with Gasteiger partial charge in [0.05, 0.1) is 13.2 Å². The minimum atomic E-state index is 0.0780. The van der Waals surface area contributed by atoms with Crippen LogP contribution in [0.3, 0.4) is 0 Å². The van der Waals surface area contributed by atoms with E-state index in [1.54, 1.807) is 7.11 Å². The Balaban J connectivity index is 2.47. The molecule has 1 atom stereocenters. The van der Waals surface area contributed by atoms with Gasteiger partial charge in [0, 0.05) is 10.6 Å². The van der Waals surface area contributed by atoms with Gasteiger partial charge < -0.3 is 10.1 Å². The molecule has 2 nitrogen and oxygen atoms in total. The number of halogens is 1. The van der Waals surface area contributed by atoms with E-state index in [-0.39, 0.29) is 6.04 Å². The average molecular weight is 290 g/mol. The maximum Gasteiger partial charge on any atom is 0.124 e. The first kappa shape index (κ1) is 14.9. The van der Waals surface area contributed by atoms with E-state index in [0.29, 0.717) is 0 Å². The third kappa shape index (κ3) is 3.33. The molecule has 0 aromatic heterocycles. The van der Waals surface area contributed by atoms with Crippen LogP contribution in [-0.2, 0) is 0 Å². The largest absolute Gasteiger partial charge is 0.496 e. The standard InChI is InChI=1S/C17H20ClNO/c1-4-19-17(13-7-5-12(2)6-8-13)15-11-14(18)9-10-16(15)20-3/h5-11,17,19H,4H2,1-3H3. The Morgan fingerprint density at radius 2 is 1.85 bits per heavy atom. The molecule has 2 aromatic rings. The highest BCUT2D eigenvalue weighted by Gasteiger charge is 2.17. The third-order valence-corrected chi connectivity index (χ3v) is 3.56. The molecule has 2 rings (SSSR count). The van der Waals surface area contributed by atoms with Gasteiger partial charge in [-0.3, -0.25) is 0 Å². The zero-order valence-electron chi connectivity index (χ0n) is 12.1. The predicted molar refractivity (Wildman–Crippen MR) is 84.7 cm³/mol. The molecule has 0 heterocycles. The Hall–Kier alpha value is -1.51. The summed E-state index contributed by atoms with van der Waals surface area (Å²) in [4.78, 5) is 0. The smallest absolute Gasteiger partial charge is 0.124 e. The SMILES string of the molecule is CCNC(c1ccc(C)cc1)c1cc(Cl)ccc1OC. The van der Waals surface area contributed by atoms with Gasteiger partial charge in [0.25, 0.3) is 0 Å². The van der Waals surface area contributed by atoms with Crippen molar-refractivity contribution in [1.29, 1.82) is 0 Å². The lowest BCUT2D eigenvalue weighted by molar-refractivity contribution is 0.404. The van der Waals surface area contributed by atoms with Crippen LogP contribution in [0.5, 0.6) is 5.75 Å². The van der Waals surface area contributed by atoms with Crippen LogP contribution in [0.25, 0.3) is 0 Å². The van der Waals surface area contributed by atoms with Gasteiger partial charge in [-0.05, 0) is 37.2 Å². The first-order valence-corrected chi connectivity index (χ1v) is 7.17. The molecular formula is C17H20ClNO. The summed E-state index contributed by atoms with van der Waals surface area (Å²) in [6.07, 6.45) is 0. The van der Waals surface area contributed by atoms with Crippen molar-refractivity contribution in [2.75, 3.05) is 13.7 Å². The van der Waals surface area contributed by atoms with Crippen molar-refractivity contribution >= 4 is 11.6 Å². The molecule has 0 radical (unpaired) electrons. The fraction of sp³-hybridized carbons (Fsp3) is 0.294. The number of ether oxygens (including phenoxy) is 1. The van der Waals surface area contributed by atoms with E-state index in [0.717, 1.165) is 22.9 Å². The van der Waals surface area contributed by atoms with Gasteiger partial charge in [-0.1, -0.05) is 48.4 Å². The summed E-state index contributed by atoms with van der Waals surface area (Å²) in [5, 5.41) is 4.22. The summed E-state index contributed by atoms with van der Waals surface area (Å²) in [7, 11) is 1.69. The predicted octanol–water partition coefficient (Wildman–Crippen LogP) is 4.36. The molecule has 1 N–H and O–H groups in total. The van der Waals surface area contributed by atoms with Gasteiger partial charge in [0.2, 0.25) is 0 Å². The average Bonchev–Trinajstić information content (AvgIpc) is 2.46. The Morgan fingerprint density at radius 3 is 2.45 bits per heavy atom. The molecule has 0 saturated carbocycles. The Labute approximate surface area is 125 Å².